The number of aliphatic hydroxyl groups excluding tert-OH is 1. The first-order valence-corrected chi connectivity index (χ1v) is 5.39. The second kappa shape index (κ2) is 4.51. The number of hydrogen-bond acceptors (Lipinski definition) is 3. The van der Waals surface area contributed by atoms with Crippen LogP contribution in [-0.4, -0.2) is 15.3 Å². The predicted octanol–water partition coefficient (Wildman–Crippen LogP) is 1.55. The summed E-state index contributed by atoms with van der Waals surface area (Å²) in [5, 5.41) is 15.4. The van der Waals surface area contributed by atoms with Gasteiger partial charge in [0.1, 0.15) is 0 Å². The standard InChI is InChI=1S/C13H14N2O2/c1-8-3-4-11(9(2)5-8)12-6-10(7-16)13(17)15-14-12/h3-6,16H,7H2,1-2H3,(H,15,17). The fourth-order valence-corrected chi connectivity index (χ4v) is 1.80. The molecule has 4 heteroatoms. The molecule has 0 amide bonds. The number of aryl methyl sites for hydroxylation is 2. The molecule has 0 atom stereocenters. The Morgan fingerprint density at radius 1 is 1.29 bits per heavy atom. The van der Waals surface area contributed by atoms with Crippen molar-refractivity contribution >= 4 is 0 Å². The lowest BCUT2D eigenvalue weighted by molar-refractivity contribution is 0.280. The summed E-state index contributed by atoms with van der Waals surface area (Å²) in [6.45, 7) is 3.74. The van der Waals surface area contributed by atoms with Crippen molar-refractivity contribution in [1.29, 1.82) is 0 Å². The number of rotatable bonds is 2. The van der Waals surface area contributed by atoms with Crippen molar-refractivity contribution in [1.82, 2.24) is 10.2 Å². The first-order chi connectivity index (χ1) is 8.11. The number of nitrogens with zero attached hydrogens (tertiary/aromatic N) is 1. The van der Waals surface area contributed by atoms with E-state index in [2.05, 4.69) is 16.3 Å². The summed E-state index contributed by atoms with van der Waals surface area (Å²) >= 11 is 0. The van der Waals surface area contributed by atoms with Crippen LogP contribution in [-0.2, 0) is 6.61 Å². The quantitative estimate of drug-likeness (QED) is 0.822. The fourth-order valence-electron chi connectivity index (χ4n) is 1.80. The van der Waals surface area contributed by atoms with E-state index >= 15 is 0 Å². The van der Waals surface area contributed by atoms with E-state index < -0.39 is 0 Å². The van der Waals surface area contributed by atoms with Gasteiger partial charge >= 0.3 is 0 Å². The Bertz CT molecular complexity index is 603. The predicted molar refractivity (Wildman–Crippen MR) is 65.7 cm³/mol. The molecule has 0 radical (unpaired) electrons. The molecule has 2 rings (SSSR count). The Labute approximate surface area is 98.9 Å². The zero-order valence-corrected chi connectivity index (χ0v) is 9.82. The van der Waals surface area contributed by atoms with Crippen molar-refractivity contribution in [2.75, 3.05) is 0 Å². The second-order valence-corrected chi connectivity index (χ2v) is 4.08. The van der Waals surface area contributed by atoms with Gasteiger partial charge in [-0.1, -0.05) is 23.8 Å². The summed E-state index contributed by atoms with van der Waals surface area (Å²) in [6.07, 6.45) is 0. The summed E-state index contributed by atoms with van der Waals surface area (Å²) in [4.78, 5) is 11.3. The van der Waals surface area contributed by atoms with E-state index in [0.29, 0.717) is 11.3 Å². The summed E-state index contributed by atoms with van der Waals surface area (Å²) in [5.41, 5.74) is 3.88. The molecule has 0 saturated heterocycles. The Morgan fingerprint density at radius 2 is 2.06 bits per heavy atom. The number of H-pyrrole nitrogens is 1. The van der Waals surface area contributed by atoms with E-state index in [1.807, 2.05) is 26.0 Å². The lowest BCUT2D eigenvalue weighted by Crippen LogP contribution is -2.14. The van der Waals surface area contributed by atoms with E-state index in [-0.39, 0.29) is 12.2 Å². The van der Waals surface area contributed by atoms with Crippen LogP contribution in [0.2, 0.25) is 0 Å². The van der Waals surface area contributed by atoms with Gasteiger partial charge < -0.3 is 5.11 Å². The molecule has 0 aliphatic carbocycles. The highest BCUT2D eigenvalue weighted by atomic mass is 16.3. The van der Waals surface area contributed by atoms with Gasteiger partial charge in [-0.05, 0) is 25.5 Å². The minimum atomic E-state index is -0.346. The van der Waals surface area contributed by atoms with Crippen molar-refractivity contribution < 1.29 is 5.11 Å². The van der Waals surface area contributed by atoms with Gasteiger partial charge in [0.05, 0.1) is 12.3 Å². The molecule has 0 unspecified atom stereocenters. The zero-order chi connectivity index (χ0) is 12.4. The first kappa shape index (κ1) is 11.5. The van der Waals surface area contributed by atoms with Gasteiger partial charge in [-0.3, -0.25) is 4.79 Å². The lowest BCUT2D eigenvalue weighted by Gasteiger charge is -2.06. The van der Waals surface area contributed by atoms with Crippen LogP contribution in [0.3, 0.4) is 0 Å². The number of hydrogen-bond donors (Lipinski definition) is 2. The van der Waals surface area contributed by atoms with E-state index in [1.165, 1.54) is 5.56 Å². The first-order valence-electron chi connectivity index (χ1n) is 5.39. The van der Waals surface area contributed by atoms with Crippen LogP contribution in [0.4, 0.5) is 0 Å². The molecule has 88 valence electrons. The monoisotopic (exact) mass is 230 g/mol. The van der Waals surface area contributed by atoms with Gasteiger partial charge in [0, 0.05) is 11.1 Å². The van der Waals surface area contributed by atoms with Crippen LogP contribution < -0.4 is 5.56 Å². The molecular weight excluding hydrogens is 216 g/mol. The van der Waals surface area contributed by atoms with Crippen molar-refractivity contribution in [3.8, 4) is 11.3 Å². The fraction of sp³-hybridized carbons (Fsp3) is 0.231. The van der Waals surface area contributed by atoms with Crippen molar-refractivity contribution in [2.24, 2.45) is 0 Å². The Morgan fingerprint density at radius 3 is 2.71 bits per heavy atom. The topological polar surface area (TPSA) is 66.0 Å². The zero-order valence-electron chi connectivity index (χ0n) is 9.82. The number of benzene rings is 1. The highest BCUT2D eigenvalue weighted by Gasteiger charge is 2.07. The molecular formula is C13H14N2O2. The molecule has 0 fully saturated rings. The number of aromatic nitrogens is 2. The van der Waals surface area contributed by atoms with Gasteiger partial charge in [0.15, 0.2) is 0 Å². The van der Waals surface area contributed by atoms with E-state index in [4.69, 9.17) is 5.11 Å². The summed E-state index contributed by atoms with van der Waals surface area (Å²) in [5.74, 6) is 0. The average Bonchev–Trinajstić information content (AvgIpc) is 2.30. The minimum Gasteiger partial charge on any atom is -0.391 e. The highest BCUT2D eigenvalue weighted by Crippen LogP contribution is 2.21. The molecule has 17 heavy (non-hydrogen) atoms. The van der Waals surface area contributed by atoms with Crippen LogP contribution in [0.15, 0.2) is 29.1 Å². The van der Waals surface area contributed by atoms with E-state index in [1.54, 1.807) is 6.07 Å². The third-order valence-electron chi connectivity index (χ3n) is 2.71. The number of aromatic amines is 1. The van der Waals surface area contributed by atoms with Crippen LogP contribution in [0.25, 0.3) is 11.3 Å². The van der Waals surface area contributed by atoms with E-state index in [9.17, 15) is 4.79 Å². The summed E-state index contributed by atoms with van der Waals surface area (Å²) < 4.78 is 0. The molecule has 0 saturated carbocycles. The summed E-state index contributed by atoms with van der Waals surface area (Å²) in [6, 6.07) is 7.64. The van der Waals surface area contributed by atoms with Crippen LogP contribution in [0, 0.1) is 13.8 Å². The molecule has 2 aromatic rings. The van der Waals surface area contributed by atoms with Crippen LogP contribution >= 0.6 is 0 Å². The summed E-state index contributed by atoms with van der Waals surface area (Å²) in [7, 11) is 0. The largest absolute Gasteiger partial charge is 0.391 e. The number of nitrogens with one attached hydrogen (secondary N) is 1. The van der Waals surface area contributed by atoms with Crippen molar-refractivity contribution in [2.45, 2.75) is 20.5 Å². The lowest BCUT2D eigenvalue weighted by atomic mass is 10.0. The number of aliphatic hydroxyl groups is 1. The molecule has 1 aromatic carbocycles. The molecule has 1 aromatic heterocycles. The molecule has 0 bridgehead atoms. The maximum Gasteiger partial charge on any atom is 0.269 e. The Balaban J connectivity index is 2.57. The van der Waals surface area contributed by atoms with Gasteiger partial charge in [-0.25, -0.2) is 5.10 Å². The maximum atomic E-state index is 11.3. The minimum absolute atomic E-state index is 0.282. The van der Waals surface area contributed by atoms with Crippen molar-refractivity contribution in [3.05, 3.63) is 51.3 Å². The van der Waals surface area contributed by atoms with E-state index in [0.717, 1.165) is 11.1 Å². The van der Waals surface area contributed by atoms with Crippen LogP contribution in [0.5, 0.6) is 0 Å². The normalized spacial score (nSPS) is 10.5. The Hall–Kier alpha value is -1.94. The molecule has 0 aliphatic heterocycles. The van der Waals surface area contributed by atoms with Crippen LogP contribution in [0.1, 0.15) is 16.7 Å². The second-order valence-electron chi connectivity index (χ2n) is 4.08. The molecule has 2 N–H and O–H groups in total. The molecule has 1 heterocycles. The average molecular weight is 230 g/mol. The van der Waals surface area contributed by atoms with Gasteiger partial charge in [0.25, 0.3) is 5.56 Å². The van der Waals surface area contributed by atoms with Gasteiger partial charge in [-0.2, -0.15) is 5.10 Å². The Kier molecular flexibility index (Phi) is 3.06. The third-order valence-corrected chi connectivity index (χ3v) is 2.71. The maximum absolute atomic E-state index is 11.3. The molecule has 0 spiro atoms. The molecule has 4 nitrogen and oxygen atoms in total. The smallest absolute Gasteiger partial charge is 0.269 e. The van der Waals surface area contributed by atoms with Gasteiger partial charge in [-0.15, -0.1) is 0 Å². The van der Waals surface area contributed by atoms with Gasteiger partial charge in [0.2, 0.25) is 0 Å². The van der Waals surface area contributed by atoms with Crippen molar-refractivity contribution in [3.63, 3.8) is 0 Å². The highest BCUT2D eigenvalue weighted by molar-refractivity contribution is 5.63. The SMILES string of the molecule is Cc1ccc(-c2cc(CO)c(=O)[nH]n2)c(C)c1. The molecule has 0 aliphatic rings. The third kappa shape index (κ3) is 2.26.